The molecule has 1 heterocycles. The number of aliphatic hydroxyl groups excluding tert-OH is 1. The number of aromatic amines is 1. The fraction of sp³-hybridized carbons (Fsp3) is 0.357. The summed E-state index contributed by atoms with van der Waals surface area (Å²) in [5.74, 6) is -2.09. The third-order valence-corrected chi connectivity index (χ3v) is 5.98. The van der Waals surface area contributed by atoms with Gasteiger partial charge >= 0.3 is 0 Å². The SMILES string of the molecule is CCc1cccc(CNCC(O)C(Cc2cc(F)cc(F)c2)NC(=O)CCC(=O)c2ccc(C)[nH]2)c1. The molecule has 192 valence electrons. The lowest BCUT2D eigenvalue weighted by Gasteiger charge is -2.25. The van der Waals surface area contributed by atoms with Crippen LogP contribution in [0.5, 0.6) is 0 Å². The summed E-state index contributed by atoms with van der Waals surface area (Å²) < 4.78 is 27.4. The normalized spacial score (nSPS) is 12.8. The number of carbonyl (C=O) groups excluding carboxylic acids is 2. The van der Waals surface area contributed by atoms with Gasteiger partial charge in [0.25, 0.3) is 0 Å². The molecule has 0 aliphatic rings. The van der Waals surface area contributed by atoms with Crippen molar-refractivity contribution < 1.29 is 23.5 Å². The number of carbonyl (C=O) groups is 2. The minimum atomic E-state index is -1.03. The van der Waals surface area contributed by atoms with E-state index in [9.17, 15) is 23.5 Å². The molecule has 0 aliphatic carbocycles. The van der Waals surface area contributed by atoms with Crippen LogP contribution in [-0.2, 0) is 24.2 Å². The van der Waals surface area contributed by atoms with Gasteiger partial charge in [0.15, 0.2) is 5.78 Å². The molecule has 8 heteroatoms. The van der Waals surface area contributed by atoms with Crippen molar-refractivity contribution in [1.82, 2.24) is 15.6 Å². The van der Waals surface area contributed by atoms with Crippen LogP contribution in [0.3, 0.4) is 0 Å². The Labute approximate surface area is 210 Å². The molecule has 4 N–H and O–H groups in total. The number of Topliss-reactive ketones (excluding diaryl/α,β-unsaturated/α-hetero) is 1. The number of aromatic nitrogens is 1. The molecule has 0 saturated heterocycles. The van der Waals surface area contributed by atoms with E-state index in [2.05, 4.69) is 28.6 Å². The number of halogens is 2. The highest BCUT2D eigenvalue weighted by atomic mass is 19.1. The molecule has 1 amide bonds. The summed E-state index contributed by atoms with van der Waals surface area (Å²) in [7, 11) is 0. The van der Waals surface area contributed by atoms with Gasteiger partial charge in [-0.1, -0.05) is 31.2 Å². The second kappa shape index (κ2) is 13.1. The van der Waals surface area contributed by atoms with Gasteiger partial charge in [0.1, 0.15) is 11.6 Å². The summed E-state index contributed by atoms with van der Waals surface area (Å²) in [4.78, 5) is 27.9. The number of aliphatic hydroxyl groups is 1. The fourth-order valence-electron chi connectivity index (χ4n) is 4.04. The Morgan fingerprint density at radius 3 is 2.36 bits per heavy atom. The molecule has 0 aliphatic heterocycles. The first-order valence-corrected chi connectivity index (χ1v) is 12.1. The lowest BCUT2D eigenvalue weighted by molar-refractivity contribution is -0.122. The standard InChI is InChI=1S/C28H33F2N3O3/c1-3-19-5-4-6-20(11-19)16-31-17-27(35)25(14-21-12-22(29)15-23(30)13-21)33-28(36)10-9-26(34)24-8-7-18(2)32-24/h4-8,11-13,15,25,27,31-32,35H,3,9-10,14,16-17H2,1-2H3,(H,33,36). The first-order valence-electron chi connectivity index (χ1n) is 12.1. The Morgan fingerprint density at radius 1 is 0.972 bits per heavy atom. The van der Waals surface area contributed by atoms with Crippen molar-refractivity contribution >= 4 is 11.7 Å². The largest absolute Gasteiger partial charge is 0.390 e. The highest BCUT2D eigenvalue weighted by molar-refractivity contribution is 5.96. The highest BCUT2D eigenvalue weighted by Crippen LogP contribution is 2.13. The van der Waals surface area contributed by atoms with Gasteiger partial charge in [0.2, 0.25) is 5.91 Å². The summed E-state index contributed by atoms with van der Waals surface area (Å²) in [6.45, 7) is 4.58. The maximum absolute atomic E-state index is 13.7. The molecule has 6 nitrogen and oxygen atoms in total. The Kier molecular flexibility index (Phi) is 9.90. The monoisotopic (exact) mass is 497 g/mol. The average Bonchev–Trinajstić information content (AvgIpc) is 3.28. The van der Waals surface area contributed by atoms with E-state index in [1.165, 1.54) is 17.7 Å². The van der Waals surface area contributed by atoms with Gasteiger partial charge in [-0.3, -0.25) is 9.59 Å². The fourth-order valence-corrected chi connectivity index (χ4v) is 4.04. The van der Waals surface area contributed by atoms with Crippen molar-refractivity contribution in [3.63, 3.8) is 0 Å². The van der Waals surface area contributed by atoms with Crippen molar-refractivity contribution in [2.24, 2.45) is 0 Å². The summed E-state index contributed by atoms with van der Waals surface area (Å²) in [5.41, 5.74) is 3.86. The number of rotatable bonds is 13. The summed E-state index contributed by atoms with van der Waals surface area (Å²) in [5, 5.41) is 16.8. The number of hydrogen-bond acceptors (Lipinski definition) is 4. The predicted molar refractivity (Wildman–Crippen MR) is 135 cm³/mol. The van der Waals surface area contributed by atoms with E-state index in [0.717, 1.165) is 23.7 Å². The number of benzene rings is 2. The first kappa shape index (κ1) is 27.2. The molecule has 0 spiro atoms. The average molecular weight is 498 g/mol. The Bertz CT molecular complexity index is 1160. The molecule has 1 aromatic heterocycles. The molecule has 2 aromatic carbocycles. The zero-order valence-electron chi connectivity index (χ0n) is 20.6. The lowest BCUT2D eigenvalue weighted by Crippen LogP contribution is -2.48. The first-order chi connectivity index (χ1) is 17.2. The van der Waals surface area contributed by atoms with Gasteiger partial charge < -0.3 is 20.7 Å². The summed E-state index contributed by atoms with van der Waals surface area (Å²) >= 11 is 0. The van der Waals surface area contributed by atoms with Gasteiger partial charge in [0.05, 0.1) is 17.8 Å². The van der Waals surface area contributed by atoms with Gasteiger partial charge in [-0.05, 0) is 60.7 Å². The van der Waals surface area contributed by atoms with Crippen LogP contribution in [0.2, 0.25) is 0 Å². The van der Waals surface area contributed by atoms with Gasteiger partial charge in [-0.15, -0.1) is 0 Å². The number of nitrogens with one attached hydrogen (secondary N) is 3. The summed E-state index contributed by atoms with van der Waals surface area (Å²) in [6, 6.07) is 13.8. The second-order valence-corrected chi connectivity index (χ2v) is 9.01. The molecular weight excluding hydrogens is 464 g/mol. The van der Waals surface area contributed by atoms with E-state index in [1.807, 2.05) is 25.1 Å². The number of ketones is 1. The Morgan fingerprint density at radius 2 is 1.69 bits per heavy atom. The van der Waals surface area contributed by atoms with E-state index >= 15 is 0 Å². The van der Waals surface area contributed by atoms with Crippen LogP contribution < -0.4 is 10.6 Å². The molecule has 0 fully saturated rings. The number of hydrogen-bond donors (Lipinski definition) is 4. The molecule has 2 unspecified atom stereocenters. The molecular formula is C28H33F2N3O3. The van der Waals surface area contributed by atoms with Crippen LogP contribution in [-0.4, -0.2) is 40.5 Å². The minimum absolute atomic E-state index is 0.00475. The predicted octanol–water partition coefficient (Wildman–Crippen LogP) is 4.00. The zero-order chi connectivity index (χ0) is 26.1. The van der Waals surface area contributed by atoms with E-state index in [4.69, 9.17) is 0 Å². The molecule has 0 radical (unpaired) electrons. The maximum atomic E-state index is 13.7. The van der Waals surface area contributed by atoms with Crippen molar-refractivity contribution in [1.29, 1.82) is 0 Å². The number of amides is 1. The van der Waals surface area contributed by atoms with Crippen LogP contribution >= 0.6 is 0 Å². The van der Waals surface area contributed by atoms with Crippen molar-refractivity contribution in [2.45, 2.75) is 58.2 Å². The smallest absolute Gasteiger partial charge is 0.220 e. The van der Waals surface area contributed by atoms with Crippen LogP contribution in [0.25, 0.3) is 0 Å². The van der Waals surface area contributed by atoms with E-state index in [1.54, 1.807) is 12.1 Å². The minimum Gasteiger partial charge on any atom is -0.390 e. The van der Waals surface area contributed by atoms with Crippen molar-refractivity contribution in [3.8, 4) is 0 Å². The van der Waals surface area contributed by atoms with Crippen molar-refractivity contribution in [2.75, 3.05) is 6.54 Å². The number of aryl methyl sites for hydroxylation is 2. The van der Waals surface area contributed by atoms with Crippen LogP contribution in [0, 0.1) is 18.6 Å². The second-order valence-electron chi connectivity index (χ2n) is 9.01. The van der Waals surface area contributed by atoms with Gasteiger partial charge in [-0.25, -0.2) is 8.78 Å². The van der Waals surface area contributed by atoms with Crippen LogP contribution in [0.4, 0.5) is 8.78 Å². The van der Waals surface area contributed by atoms with E-state index < -0.39 is 29.7 Å². The maximum Gasteiger partial charge on any atom is 0.220 e. The van der Waals surface area contributed by atoms with E-state index in [0.29, 0.717) is 17.8 Å². The molecule has 36 heavy (non-hydrogen) atoms. The molecule has 3 aromatic rings. The Balaban J connectivity index is 1.61. The summed E-state index contributed by atoms with van der Waals surface area (Å²) in [6.07, 6.45) is -0.167. The third kappa shape index (κ3) is 8.39. The van der Waals surface area contributed by atoms with Gasteiger partial charge in [0, 0.05) is 37.7 Å². The molecule has 0 saturated carbocycles. The lowest BCUT2D eigenvalue weighted by atomic mass is 10.00. The van der Waals surface area contributed by atoms with Crippen LogP contribution in [0.15, 0.2) is 54.6 Å². The Hall–Kier alpha value is -3.36. The quantitative estimate of drug-likeness (QED) is 0.269. The van der Waals surface area contributed by atoms with Gasteiger partial charge in [-0.2, -0.15) is 0 Å². The van der Waals surface area contributed by atoms with E-state index in [-0.39, 0.29) is 31.6 Å². The third-order valence-electron chi connectivity index (χ3n) is 5.98. The number of H-pyrrole nitrogens is 1. The highest BCUT2D eigenvalue weighted by Gasteiger charge is 2.23. The zero-order valence-corrected chi connectivity index (χ0v) is 20.6. The molecule has 2 atom stereocenters. The molecule has 3 rings (SSSR count). The van der Waals surface area contributed by atoms with Crippen molar-refractivity contribution in [3.05, 3.63) is 94.3 Å². The topological polar surface area (TPSA) is 94.2 Å². The van der Waals surface area contributed by atoms with Crippen LogP contribution in [0.1, 0.15) is 52.6 Å². The molecule has 0 bridgehead atoms.